The summed E-state index contributed by atoms with van der Waals surface area (Å²) in [5, 5.41) is 0. The summed E-state index contributed by atoms with van der Waals surface area (Å²) >= 11 is 0. The van der Waals surface area contributed by atoms with Crippen molar-refractivity contribution in [1.82, 2.24) is 0 Å². The molecule has 0 spiro atoms. The van der Waals surface area contributed by atoms with E-state index in [1.165, 1.54) is 88.4 Å². The van der Waals surface area contributed by atoms with Crippen molar-refractivity contribution >= 4 is 0 Å². The molecule has 0 N–H and O–H groups in total. The molecule has 1 aliphatic heterocycles. The van der Waals surface area contributed by atoms with E-state index >= 15 is 0 Å². The number of ether oxygens (including phenoxy) is 2. The summed E-state index contributed by atoms with van der Waals surface area (Å²) in [6.07, 6.45) is 18.1. The van der Waals surface area contributed by atoms with Gasteiger partial charge in [0.25, 0.3) is 0 Å². The van der Waals surface area contributed by atoms with Gasteiger partial charge in [-0.2, -0.15) is 0 Å². The normalized spacial score (nSPS) is 46.6. The second-order valence-corrected chi connectivity index (χ2v) is 15.2. The lowest BCUT2D eigenvalue weighted by molar-refractivity contribution is -0.0103. The summed E-state index contributed by atoms with van der Waals surface area (Å²) in [6, 6.07) is 2.66. The Morgan fingerprint density at radius 2 is 1.26 bits per heavy atom. The molecule has 1 saturated heterocycles. The number of benzene rings is 1. The highest BCUT2D eigenvalue weighted by Crippen LogP contribution is 2.66. The van der Waals surface area contributed by atoms with Gasteiger partial charge in [-0.15, -0.1) is 0 Å². The van der Waals surface area contributed by atoms with Crippen LogP contribution < -0.4 is 4.74 Å². The Labute approximate surface area is 212 Å². The van der Waals surface area contributed by atoms with Gasteiger partial charge in [-0.25, -0.2) is 0 Å². The zero-order chi connectivity index (χ0) is 23.5. The van der Waals surface area contributed by atoms with E-state index in [0.29, 0.717) is 22.9 Å². The average molecular weight is 475 g/mol. The fraction of sp³-hybridized carbons (Fsp3) is 0.818. The van der Waals surface area contributed by atoms with Gasteiger partial charge >= 0.3 is 0 Å². The van der Waals surface area contributed by atoms with E-state index in [1.807, 2.05) is 0 Å². The molecule has 2 nitrogen and oxygen atoms in total. The Hall–Kier alpha value is -1.02. The number of hydrogen-bond acceptors (Lipinski definition) is 2. The Bertz CT molecular complexity index is 959. The summed E-state index contributed by atoms with van der Waals surface area (Å²) < 4.78 is 12.4. The minimum atomic E-state index is 0.323. The predicted molar refractivity (Wildman–Crippen MR) is 140 cm³/mol. The first-order valence-electron chi connectivity index (χ1n) is 15.3. The lowest BCUT2D eigenvalue weighted by Crippen LogP contribution is -2.51. The van der Waals surface area contributed by atoms with Crippen LogP contribution in [-0.2, 0) is 15.6 Å². The number of rotatable bonds is 6. The highest BCUT2D eigenvalue weighted by atomic mass is 16.6. The second-order valence-electron chi connectivity index (χ2n) is 15.2. The average Bonchev–Trinajstić information content (AvgIpc) is 3.60. The van der Waals surface area contributed by atoms with Crippen molar-refractivity contribution in [3.05, 3.63) is 28.3 Å². The van der Waals surface area contributed by atoms with Crippen molar-refractivity contribution in [2.24, 2.45) is 35.5 Å². The van der Waals surface area contributed by atoms with Crippen LogP contribution in [0.2, 0.25) is 0 Å². The molecule has 10 rings (SSSR count). The van der Waals surface area contributed by atoms with Crippen LogP contribution in [0.5, 0.6) is 5.75 Å². The van der Waals surface area contributed by atoms with E-state index in [-0.39, 0.29) is 0 Å². The topological polar surface area (TPSA) is 21.8 Å². The van der Waals surface area contributed by atoms with Gasteiger partial charge in [0.15, 0.2) is 0 Å². The summed E-state index contributed by atoms with van der Waals surface area (Å²) in [5.41, 5.74) is 7.53. The van der Waals surface area contributed by atoms with E-state index in [0.717, 1.165) is 48.7 Å². The first-order chi connectivity index (χ1) is 16.9. The fourth-order valence-electron chi connectivity index (χ4n) is 11.8. The van der Waals surface area contributed by atoms with Crippen molar-refractivity contribution in [2.45, 2.75) is 121 Å². The maximum Gasteiger partial charge on any atom is 0.126 e. The van der Waals surface area contributed by atoms with Gasteiger partial charge in [0.05, 0.1) is 6.61 Å². The second kappa shape index (κ2) is 7.52. The lowest BCUT2D eigenvalue weighted by Gasteiger charge is -2.60. The minimum absolute atomic E-state index is 0.323. The molecule has 1 unspecified atom stereocenters. The van der Waals surface area contributed by atoms with Crippen LogP contribution in [0, 0.1) is 42.4 Å². The molecule has 9 fully saturated rings. The number of hydrogen-bond donors (Lipinski definition) is 0. The predicted octanol–water partition coefficient (Wildman–Crippen LogP) is 7.83. The van der Waals surface area contributed by atoms with Gasteiger partial charge in [-0.3, -0.25) is 0 Å². The largest absolute Gasteiger partial charge is 0.490 e. The van der Waals surface area contributed by atoms with Crippen LogP contribution >= 0.6 is 0 Å². The van der Waals surface area contributed by atoms with Gasteiger partial charge in [-0.1, -0.05) is 19.9 Å². The highest BCUT2D eigenvalue weighted by molar-refractivity contribution is 5.58. The van der Waals surface area contributed by atoms with E-state index in [1.54, 1.807) is 16.7 Å². The maximum atomic E-state index is 6.82. The van der Waals surface area contributed by atoms with Crippen LogP contribution in [0.25, 0.3) is 0 Å². The maximum absolute atomic E-state index is 6.82. The Morgan fingerprint density at radius 3 is 1.69 bits per heavy atom. The summed E-state index contributed by atoms with van der Waals surface area (Å²) in [4.78, 5) is 0. The standard InChI is InChI=1S/C33H46O2/c1-19(2)29-28(32-11-21-5-22(12-32)7-23(6-21)13-32)4-20(3)31(35-18-27-17-34-27)30(29)33-14-24-8-25(15-33)10-26(9-24)16-33/h4,19,21-27H,5-18H2,1-3H3. The van der Waals surface area contributed by atoms with Crippen molar-refractivity contribution in [3.63, 3.8) is 0 Å². The zero-order valence-electron chi connectivity index (χ0n) is 22.4. The molecule has 8 aliphatic carbocycles. The smallest absolute Gasteiger partial charge is 0.126 e. The van der Waals surface area contributed by atoms with Crippen molar-refractivity contribution in [3.8, 4) is 5.75 Å². The SMILES string of the molecule is Cc1cc(C23CC4CC(CC(C4)C2)C3)c(C(C)C)c(C23CC4CC(CC(C4)C2)C3)c1OCC1CO1. The number of epoxide rings is 1. The molecule has 8 saturated carbocycles. The van der Waals surface area contributed by atoms with Crippen LogP contribution in [0.1, 0.15) is 119 Å². The van der Waals surface area contributed by atoms with Gasteiger partial charge < -0.3 is 9.47 Å². The van der Waals surface area contributed by atoms with Crippen LogP contribution in [0.3, 0.4) is 0 Å². The fourth-order valence-corrected chi connectivity index (χ4v) is 11.8. The Kier molecular flexibility index (Phi) is 4.73. The third-order valence-electron chi connectivity index (χ3n) is 12.1. The van der Waals surface area contributed by atoms with Crippen molar-refractivity contribution < 1.29 is 9.47 Å². The van der Waals surface area contributed by atoms with E-state index < -0.39 is 0 Å². The molecule has 0 radical (unpaired) electrons. The van der Waals surface area contributed by atoms with Crippen LogP contribution in [0.4, 0.5) is 0 Å². The summed E-state index contributed by atoms with van der Waals surface area (Å²) in [7, 11) is 0. The molecule has 9 aliphatic rings. The summed E-state index contributed by atoms with van der Waals surface area (Å²) in [6.45, 7) is 9.03. The number of aryl methyl sites for hydroxylation is 1. The monoisotopic (exact) mass is 474 g/mol. The molecule has 0 amide bonds. The van der Waals surface area contributed by atoms with E-state index in [2.05, 4.69) is 26.8 Å². The Balaban J connectivity index is 1.33. The quantitative estimate of drug-likeness (QED) is 0.392. The molecule has 1 heterocycles. The van der Waals surface area contributed by atoms with Crippen molar-refractivity contribution in [2.75, 3.05) is 13.2 Å². The van der Waals surface area contributed by atoms with E-state index in [4.69, 9.17) is 9.47 Å². The minimum Gasteiger partial charge on any atom is -0.490 e. The van der Waals surface area contributed by atoms with Crippen molar-refractivity contribution in [1.29, 1.82) is 0 Å². The summed E-state index contributed by atoms with van der Waals surface area (Å²) in [5.74, 6) is 7.73. The molecule has 1 atom stereocenters. The lowest BCUT2D eigenvalue weighted by atomic mass is 9.45. The van der Waals surface area contributed by atoms with E-state index in [9.17, 15) is 0 Å². The van der Waals surface area contributed by atoms with Gasteiger partial charge in [0, 0.05) is 11.0 Å². The first-order valence-corrected chi connectivity index (χ1v) is 15.3. The third-order valence-corrected chi connectivity index (χ3v) is 12.1. The highest BCUT2D eigenvalue weighted by Gasteiger charge is 2.56. The molecule has 1 aromatic carbocycles. The molecule has 8 bridgehead atoms. The molecular weight excluding hydrogens is 428 g/mol. The van der Waals surface area contributed by atoms with Crippen LogP contribution in [0.15, 0.2) is 6.07 Å². The zero-order valence-corrected chi connectivity index (χ0v) is 22.4. The third kappa shape index (κ3) is 3.37. The first kappa shape index (κ1) is 22.0. The molecular formula is C33H46O2. The Morgan fingerprint density at radius 1 is 0.800 bits per heavy atom. The van der Waals surface area contributed by atoms with Gasteiger partial charge in [0.2, 0.25) is 0 Å². The van der Waals surface area contributed by atoms with Gasteiger partial charge in [0.1, 0.15) is 18.5 Å². The molecule has 0 aromatic heterocycles. The molecule has 1 aromatic rings. The van der Waals surface area contributed by atoms with Crippen LogP contribution in [-0.4, -0.2) is 19.3 Å². The molecule has 2 heteroatoms. The molecule has 35 heavy (non-hydrogen) atoms. The molecule has 190 valence electrons. The van der Waals surface area contributed by atoms with Gasteiger partial charge in [-0.05, 0) is 148 Å².